The number of carbonyl (C=O) groups is 3. The average molecular weight is 327 g/mol. The van der Waals surface area contributed by atoms with Crippen molar-refractivity contribution in [3.05, 3.63) is 36.4 Å². The summed E-state index contributed by atoms with van der Waals surface area (Å²) in [5.74, 6) is -2.82. The van der Waals surface area contributed by atoms with E-state index in [1.165, 1.54) is 0 Å². The van der Waals surface area contributed by atoms with Crippen molar-refractivity contribution in [1.29, 1.82) is 0 Å². The molecule has 1 N–H and O–H groups in total. The highest BCUT2D eigenvalue weighted by atomic mass is 16.4. The molecule has 1 heterocycles. The fraction of sp³-hybridized carbons (Fsp3) is 0.389. The standard InChI is InChI=1S/C18H20N2O4/c21-16-6-3-11-20(16)13-9-7-12(8-10-13)19-17(22)14-4-1-2-5-15(14)18(23)24/h1-2,7-10,14-15H,3-6,11H2,(H,19,22)(H,23,24)/p-1/t14-,15-/m0/s1. The van der Waals surface area contributed by atoms with Crippen LogP contribution in [0.5, 0.6) is 0 Å². The van der Waals surface area contributed by atoms with Crippen molar-refractivity contribution in [3.8, 4) is 0 Å². The van der Waals surface area contributed by atoms with E-state index in [0.717, 1.165) is 12.1 Å². The Morgan fingerprint density at radius 2 is 1.75 bits per heavy atom. The van der Waals surface area contributed by atoms with Gasteiger partial charge in [0, 0.05) is 36.2 Å². The molecule has 1 aromatic rings. The van der Waals surface area contributed by atoms with Crippen LogP contribution >= 0.6 is 0 Å². The Labute approximate surface area is 140 Å². The van der Waals surface area contributed by atoms with E-state index in [4.69, 9.17) is 0 Å². The molecule has 1 aliphatic heterocycles. The summed E-state index contributed by atoms with van der Waals surface area (Å²) in [7, 11) is 0. The Kier molecular flexibility index (Phi) is 4.64. The maximum Gasteiger partial charge on any atom is 0.228 e. The van der Waals surface area contributed by atoms with Crippen LogP contribution in [0.15, 0.2) is 36.4 Å². The molecule has 6 heteroatoms. The van der Waals surface area contributed by atoms with Crippen LogP contribution in [0.2, 0.25) is 0 Å². The zero-order chi connectivity index (χ0) is 17.1. The third kappa shape index (κ3) is 3.32. The number of benzene rings is 1. The number of allylic oxidation sites excluding steroid dienone is 2. The van der Waals surface area contributed by atoms with E-state index >= 15 is 0 Å². The van der Waals surface area contributed by atoms with E-state index in [9.17, 15) is 19.5 Å². The van der Waals surface area contributed by atoms with Gasteiger partial charge in [-0.25, -0.2) is 0 Å². The second kappa shape index (κ2) is 6.86. The molecule has 0 unspecified atom stereocenters. The van der Waals surface area contributed by atoms with E-state index in [0.29, 0.717) is 31.5 Å². The van der Waals surface area contributed by atoms with Crippen LogP contribution in [0.3, 0.4) is 0 Å². The maximum atomic E-state index is 12.4. The summed E-state index contributed by atoms with van der Waals surface area (Å²) in [4.78, 5) is 37.0. The van der Waals surface area contributed by atoms with Crippen LogP contribution in [0, 0.1) is 11.8 Å². The second-order valence-electron chi connectivity index (χ2n) is 6.16. The zero-order valence-electron chi connectivity index (χ0n) is 13.2. The third-order valence-corrected chi connectivity index (χ3v) is 4.59. The van der Waals surface area contributed by atoms with Gasteiger partial charge in [-0.15, -0.1) is 0 Å². The number of carboxylic acids is 1. The number of nitrogens with one attached hydrogen (secondary N) is 1. The molecule has 2 atom stereocenters. The first-order valence-corrected chi connectivity index (χ1v) is 8.13. The largest absolute Gasteiger partial charge is 0.550 e. The molecule has 0 saturated carbocycles. The number of carboxylic acid groups (broad SMARTS) is 1. The Morgan fingerprint density at radius 3 is 2.33 bits per heavy atom. The molecule has 0 radical (unpaired) electrons. The maximum absolute atomic E-state index is 12.4. The van der Waals surface area contributed by atoms with Gasteiger partial charge >= 0.3 is 0 Å². The normalized spacial score (nSPS) is 23.3. The fourth-order valence-corrected chi connectivity index (χ4v) is 3.25. The number of carbonyl (C=O) groups excluding carboxylic acids is 3. The van der Waals surface area contributed by atoms with Gasteiger partial charge in [0.15, 0.2) is 0 Å². The van der Waals surface area contributed by atoms with Gasteiger partial charge in [0.1, 0.15) is 0 Å². The molecule has 1 saturated heterocycles. The SMILES string of the molecule is O=C([O-])[C@H]1CC=CC[C@@H]1C(=O)Nc1ccc(N2CCCC2=O)cc1. The van der Waals surface area contributed by atoms with Gasteiger partial charge < -0.3 is 20.1 Å². The highest BCUT2D eigenvalue weighted by molar-refractivity contribution is 5.97. The summed E-state index contributed by atoms with van der Waals surface area (Å²) in [5.41, 5.74) is 1.39. The van der Waals surface area contributed by atoms with Crippen LogP contribution < -0.4 is 15.3 Å². The lowest BCUT2D eigenvalue weighted by Gasteiger charge is -2.28. The van der Waals surface area contributed by atoms with Crippen LogP contribution in [0.25, 0.3) is 0 Å². The van der Waals surface area contributed by atoms with Crippen LogP contribution in [-0.4, -0.2) is 24.3 Å². The van der Waals surface area contributed by atoms with E-state index in [1.807, 2.05) is 6.08 Å². The fourth-order valence-electron chi connectivity index (χ4n) is 3.25. The number of aliphatic carboxylic acids is 1. The minimum Gasteiger partial charge on any atom is -0.550 e. The summed E-state index contributed by atoms with van der Waals surface area (Å²) in [6, 6.07) is 7.03. The number of hydrogen-bond acceptors (Lipinski definition) is 4. The van der Waals surface area contributed by atoms with Crippen molar-refractivity contribution in [2.75, 3.05) is 16.8 Å². The quantitative estimate of drug-likeness (QED) is 0.838. The number of anilines is 2. The van der Waals surface area contributed by atoms with Gasteiger partial charge in [-0.05, 0) is 43.5 Å². The molecule has 3 rings (SSSR count). The van der Waals surface area contributed by atoms with Crippen LogP contribution in [-0.2, 0) is 14.4 Å². The number of nitrogens with zero attached hydrogens (tertiary/aromatic N) is 1. The van der Waals surface area contributed by atoms with Crippen LogP contribution in [0.1, 0.15) is 25.7 Å². The first-order valence-electron chi connectivity index (χ1n) is 8.13. The summed E-state index contributed by atoms with van der Waals surface area (Å²) in [5, 5.41) is 13.9. The Bertz CT molecular complexity index is 681. The van der Waals surface area contributed by atoms with Gasteiger partial charge in [0.2, 0.25) is 11.8 Å². The first kappa shape index (κ1) is 16.2. The predicted octanol–water partition coefficient (Wildman–Crippen LogP) is 1.08. The molecular formula is C18H19N2O4-. The van der Waals surface area contributed by atoms with Crippen molar-refractivity contribution in [2.45, 2.75) is 25.7 Å². The van der Waals surface area contributed by atoms with E-state index < -0.39 is 17.8 Å². The lowest BCUT2D eigenvalue weighted by Crippen LogP contribution is -2.41. The van der Waals surface area contributed by atoms with Gasteiger partial charge in [-0.2, -0.15) is 0 Å². The Morgan fingerprint density at radius 1 is 1.08 bits per heavy atom. The van der Waals surface area contributed by atoms with Crippen molar-refractivity contribution in [2.24, 2.45) is 11.8 Å². The molecule has 0 spiro atoms. The lowest BCUT2D eigenvalue weighted by atomic mass is 9.82. The predicted molar refractivity (Wildman–Crippen MR) is 87.0 cm³/mol. The molecule has 24 heavy (non-hydrogen) atoms. The smallest absolute Gasteiger partial charge is 0.228 e. The zero-order valence-corrected chi connectivity index (χ0v) is 13.2. The molecule has 1 fully saturated rings. The van der Waals surface area contributed by atoms with E-state index in [2.05, 4.69) is 5.32 Å². The van der Waals surface area contributed by atoms with Crippen molar-refractivity contribution in [3.63, 3.8) is 0 Å². The highest BCUT2D eigenvalue weighted by Crippen LogP contribution is 2.27. The van der Waals surface area contributed by atoms with Gasteiger partial charge in [0.05, 0.1) is 5.92 Å². The topological polar surface area (TPSA) is 89.5 Å². The second-order valence-corrected chi connectivity index (χ2v) is 6.16. The molecule has 1 aromatic carbocycles. The van der Waals surface area contributed by atoms with Gasteiger partial charge in [0.25, 0.3) is 0 Å². The summed E-state index contributed by atoms with van der Waals surface area (Å²) in [6.07, 6.45) is 5.73. The molecule has 1 aliphatic carbocycles. The van der Waals surface area contributed by atoms with Crippen molar-refractivity contribution >= 4 is 29.2 Å². The van der Waals surface area contributed by atoms with Crippen molar-refractivity contribution in [1.82, 2.24) is 0 Å². The molecule has 2 aliphatic rings. The van der Waals surface area contributed by atoms with Gasteiger partial charge in [-0.3, -0.25) is 9.59 Å². The summed E-state index contributed by atoms with van der Waals surface area (Å²) >= 11 is 0. The Balaban J connectivity index is 1.67. The Hall–Kier alpha value is -2.63. The number of hydrogen-bond donors (Lipinski definition) is 1. The van der Waals surface area contributed by atoms with Crippen molar-refractivity contribution < 1.29 is 19.5 Å². The lowest BCUT2D eigenvalue weighted by molar-refractivity contribution is -0.313. The minimum absolute atomic E-state index is 0.109. The molecule has 0 aromatic heterocycles. The van der Waals surface area contributed by atoms with Crippen LogP contribution in [0.4, 0.5) is 11.4 Å². The summed E-state index contributed by atoms with van der Waals surface area (Å²) < 4.78 is 0. The summed E-state index contributed by atoms with van der Waals surface area (Å²) in [6.45, 7) is 0.715. The molecule has 0 bridgehead atoms. The molecule has 6 nitrogen and oxygen atoms in total. The monoisotopic (exact) mass is 327 g/mol. The number of amides is 2. The van der Waals surface area contributed by atoms with E-state index in [-0.39, 0.29) is 11.8 Å². The first-order chi connectivity index (χ1) is 11.6. The number of rotatable bonds is 4. The van der Waals surface area contributed by atoms with E-state index in [1.54, 1.807) is 35.2 Å². The third-order valence-electron chi connectivity index (χ3n) is 4.59. The minimum atomic E-state index is -1.19. The highest BCUT2D eigenvalue weighted by Gasteiger charge is 2.30. The van der Waals surface area contributed by atoms with Gasteiger partial charge in [-0.1, -0.05) is 12.2 Å². The molecule has 126 valence electrons. The average Bonchev–Trinajstić information content (AvgIpc) is 3.01. The molecular weight excluding hydrogens is 308 g/mol. The molecule has 2 amide bonds.